The van der Waals surface area contributed by atoms with E-state index in [1.54, 1.807) is 43.8 Å². The van der Waals surface area contributed by atoms with Crippen LogP contribution in [0.15, 0.2) is 69.9 Å². The summed E-state index contributed by atoms with van der Waals surface area (Å²) in [5.41, 5.74) is 1.05. The van der Waals surface area contributed by atoms with Gasteiger partial charge in [0.15, 0.2) is 0 Å². The molecular formula is C20H21N3O4. The molecule has 0 aliphatic carbocycles. The predicted octanol–water partition coefficient (Wildman–Crippen LogP) is 2.87. The molecule has 0 unspecified atom stereocenters. The van der Waals surface area contributed by atoms with Gasteiger partial charge in [-0.1, -0.05) is 6.07 Å². The molecule has 0 saturated carbocycles. The maximum Gasteiger partial charge on any atom is 0.251 e. The first-order chi connectivity index (χ1) is 13.1. The molecule has 3 aromatic rings. The van der Waals surface area contributed by atoms with Crippen molar-refractivity contribution in [2.75, 3.05) is 18.9 Å². The summed E-state index contributed by atoms with van der Waals surface area (Å²) >= 11 is 0. The second-order valence-corrected chi connectivity index (χ2v) is 6.01. The summed E-state index contributed by atoms with van der Waals surface area (Å²) in [5.74, 6) is 1.12. The number of rotatable bonds is 8. The van der Waals surface area contributed by atoms with Crippen molar-refractivity contribution in [2.24, 2.45) is 0 Å². The van der Waals surface area contributed by atoms with Gasteiger partial charge < -0.3 is 19.5 Å². The van der Waals surface area contributed by atoms with Crippen LogP contribution in [0.25, 0.3) is 0 Å². The van der Waals surface area contributed by atoms with Gasteiger partial charge in [0.2, 0.25) is 5.91 Å². The van der Waals surface area contributed by atoms with E-state index in [0.29, 0.717) is 24.3 Å². The van der Waals surface area contributed by atoms with Gasteiger partial charge in [-0.15, -0.1) is 0 Å². The number of carbonyl (C=O) groups is 2. The number of amides is 2. The highest BCUT2D eigenvalue weighted by atomic mass is 16.3. The Morgan fingerprint density at radius 1 is 0.963 bits per heavy atom. The minimum atomic E-state index is -0.205. The summed E-state index contributed by atoms with van der Waals surface area (Å²) in [6.07, 6.45) is 3.20. The molecule has 7 nitrogen and oxygen atoms in total. The number of carbonyl (C=O) groups excluding carboxylic acids is 2. The van der Waals surface area contributed by atoms with Gasteiger partial charge in [0, 0.05) is 18.3 Å². The average Bonchev–Trinajstić information content (AvgIpc) is 3.35. The number of nitrogens with one attached hydrogen (secondary N) is 2. The highest BCUT2D eigenvalue weighted by Gasteiger charge is 2.15. The van der Waals surface area contributed by atoms with Gasteiger partial charge in [0.1, 0.15) is 11.5 Å². The highest BCUT2D eigenvalue weighted by molar-refractivity contribution is 5.97. The van der Waals surface area contributed by atoms with Gasteiger partial charge in [0.25, 0.3) is 5.91 Å². The van der Waals surface area contributed by atoms with Gasteiger partial charge in [-0.25, -0.2) is 0 Å². The number of nitrogens with zero attached hydrogens (tertiary/aromatic N) is 1. The van der Waals surface area contributed by atoms with E-state index < -0.39 is 0 Å². The minimum absolute atomic E-state index is 0.144. The third-order valence-corrected chi connectivity index (χ3v) is 3.92. The maximum atomic E-state index is 12.5. The van der Waals surface area contributed by atoms with E-state index >= 15 is 0 Å². The molecule has 2 amide bonds. The second kappa shape index (κ2) is 8.86. The molecule has 2 aromatic heterocycles. The fourth-order valence-electron chi connectivity index (χ4n) is 2.70. The molecule has 27 heavy (non-hydrogen) atoms. The standard InChI is InChI=1S/C20H21N3O4/c1-21-20(25)15-5-2-6-16(11-15)22-19(24)14-23(12-17-7-3-9-26-17)13-18-8-4-10-27-18/h2-11H,12-14H2,1H3,(H,21,25)(H,22,24). The topological polar surface area (TPSA) is 87.7 Å². The Bertz CT molecular complexity index is 836. The fraction of sp³-hybridized carbons (Fsp3) is 0.200. The zero-order valence-corrected chi connectivity index (χ0v) is 15.0. The van der Waals surface area contributed by atoms with Crippen molar-refractivity contribution in [3.63, 3.8) is 0 Å². The Morgan fingerprint density at radius 2 is 1.63 bits per heavy atom. The molecule has 0 fully saturated rings. The molecule has 0 saturated heterocycles. The number of hydrogen-bond acceptors (Lipinski definition) is 5. The van der Waals surface area contributed by atoms with Crippen LogP contribution in [0.1, 0.15) is 21.9 Å². The Kier molecular flexibility index (Phi) is 6.06. The van der Waals surface area contributed by atoms with E-state index in [0.717, 1.165) is 11.5 Å². The molecule has 0 spiro atoms. The summed E-state index contributed by atoms with van der Waals surface area (Å²) in [7, 11) is 1.56. The molecule has 2 N–H and O–H groups in total. The third kappa shape index (κ3) is 5.32. The lowest BCUT2D eigenvalue weighted by Gasteiger charge is -2.19. The molecule has 0 atom stereocenters. The van der Waals surface area contributed by atoms with Crippen LogP contribution in [0.3, 0.4) is 0 Å². The van der Waals surface area contributed by atoms with E-state index in [1.807, 2.05) is 29.2 Å². The van der Waals surface area contributed by atoms with Gasteiger partial charge in [-0.2, -0.15) is 0 Å². The predicted molar refractivity (Wildman–Crippen MR) is 100.0 cm³/mol. The van der Waals surface area contributed by atoms with E-state index in [-0.39, 0.29) is 18.4 Å². The van der Waals surface area contributed by atoms with E-state index in [2.05, 4.69) is 10.6 Å². The van der Waals surface area contributed by atoms with Crippen LogP contribution in [0.4, 0.5) is 5.69 Å². The quantitative estimate of drug-likeness (QED) is 0.639. The summed E-state index contributed by atoms with van der Waals surface area (Å²) in [5, 5.41) is 5.39. The monoisotopic (exact) mass is 367 g/mol. The van der Waals surface area contributed by atoms with Crippen molar-refractivity contribution in [3.05, 3.63) is 78.1 Å². The van der Waals surface area contributed by atoms with Crippen LogP contribution in [-0.4, -0.2) is 30.3 Å². The molecule has 2 heterocycles. The molecule has 140 valence electrons. The first-order valence-electron chi connectivity index (χ1n) is 8.53. The zero-order valence-electron chi connectivity index (χ0n) is 15.0. The average molecular weight is 367 g/mol. The summed E-state index contributed by atoms with van der Waals surface area (Å²) in [6, 6.07) is 14.1. The van der Waals surface area contributed by atoms with Crippen LogP contribution in [0.2, 0.25) is 0 Å². The summed E-state index contributed by atoms with van der Waals surface area (Å²) < 4.78 is 10.8. The number of hydrogen-bond donors (Lipinski definition) is 2. The number of anilines is 1. The fourth-order valence-corrected chi connectivity index (χ4v) is 2.70. The van der Waals surface area contributed by atoms with Crippen LogP contribution in [-0.2, 0) is 17.9 Å². The molecular weight excluding hydrogens is 346 g/mol. The first-order valence-corrected chi connectivity index (χ1v) is 8.53. The molecule has 0 aliphatic heterocycles. The minimum Gasteiger partial charge on any atom is -0.468 e. The van der Waals surface area contributed by atoms with Crippen molar-refractivity contribution in [3.8, 4) is 0 Å². The van der Waals surface area contributed by atoms with Crippen molar-refractivity contribution in [1.29, 1.82) is 0 Å². The second-order valence-electron chi connectivity index (χ2n) is 6.01. The lowest BCUT2D eigenvalue weighted by Crippen LogP contribution is -2.32. The van der Waals surface area contributed by atoms with Gasteiger partial charge >= 0.3 is 0 Å². The molecule has 3 rings (SSSR count). The highest BCUT2D eigenvalue weighted by Crippen LogP contribution is 2.13. The van der Waals surface area contributed by atoms with E-state index in [1.165, 1.54) is 0 Å². The van der Waals surface area contributed by atoms with Crippen molar-refractivity contribution in [2.45, 2.75) is 13.1 Å². The summed E-state index contributed by atoms with van der Waals surface area (Å²) in [4.78, 5) is 26.2. The number of furan rings is 2. The van der Waals surface area contributed by atoms with Crippen molar-refractivity contribution < 1.29 is 18.4 Å². The van der Waals surface area contributed by atoms with E-state index in [4.69, 9.17) is 8.83 Å². The Hall–Kier alpha value is -3.32. The lowest BCUT2D eigenvalue weighted by molar-refractivity contribution is -0.117. The molecule has 0 radical (unpaired) electrons. The zero-order chi connectivity index (χ0) is 19.1. The SMILES string of the molecule is CNC(=O)c1cccc(NC(=O)CN(Cc2ccco2)Cc2ccco2)c1. The molecule has 1 aromatic carbocycles. The Morgan fingerprint density at radius 3 is 2.19 bits per heavy atom. The normalized spacial score (nSPS) is 10.7. The Balaban J connectivity index is 1.65. The van der Waals surface area contributed by atoms with Crippen LogP contribution in [0, 0.1) is 0 Å². The van der Waals surface area contributed by atoms with Crippen LogP contribution >= 0.6 is 0 Å². The number of benzene rings is 1. The maximum absolute atomic E-state index is 12.5. The van der Waals surface area contributed by atoms with Crippen LogP contribution in [0.5, 0.6) is 0 Å². The Labute approximate surface area is 157 Å². The smallest absolute Gasteiger partial charge is 0.251 e. The van der Waals surface area contributed by atoms with Crippen LogP contribution < -0.4 is 10.6 Å². The molecule has 0 bridgehead atoms. The third-order valence-electron chi connectivity index (χ3n) is 3.92. The van der Waals surface area contributed by atoms with Crippen molar-refractivity contribution in [1.82, 2.24) is 10.2 Å². The van der Waals surface area contributed by atoms with Gasteiger partial charge in [0.05, 0.1) is 32.2 Å². The first kappa shape index (κ1) is 18.5. The van der Waals surface area contributed by atoms with Crippen molar-refractivity contribution >= 4 is 17.5 Å². The molecule has 0 aliphatic rings. The van der Waals surface area contributed by atoms with Gasteiger partial charge in [-0.3, -0.25) is 14.5 Å². The molecule has 7 heteroatoms. The van der Waals surface area contributed by atoms with Gasteiger partial charge in [-0.05, 0) is 42.5 Å². The summed E-state index contributed by atoms with van der Waals surface area (Å²) in [6.45, 7) is 1.09. The lowest BCUT2D eigenvalue weighted by atomic mass is 10.2. The van der Waals surface area contributed by atoms with E-state index in [9.17, 15) is 9.59 Å². The largest absolute Gasteiger partial charge is 0.468 e.